The Kier molecular flexibility index (Phi) is 4.67. The van der Waals surface area contributed by atoms with Gasteiger partial charge in [0.1, 0.15) is 5.75 Å². The normalized spacial score (nSPS) is 21.0. The lowest BCUT2D eigenvalue weighted by Gasteiger charge is -2.32. The van der Waals surface area contributed by atoms with Crippen LogP contribution in [0, 0.1) is 5.92 Å². The number of pyridine rings is 1. The van der Waals surface area contributed by atoms with Gasteiger partial charge in [-0.15, -0.1) is 0 Å². The van der Waals surface area contributed by atoms with Crippen molar-refractivity contribution in [1.29, 1.82) is 0 Å². The summed E-state index contributed by atoms with van der Waals surface area (Å²) >= 11 is 7.30. The highest BCUT2D eigenvalue weighted by Gasteiger charge is 2.34. The number of halogens is 2. The van der Waals surface area contributed by atoms with Gasteiger partial charge in [-0.05, 0) is 95.5 Å². The van der Waals surface area contributed by atoms with E-state index < -0.39 is 0 Å². The lowest BCUT2D eigenvalue weighted by atomic mass is 9.77. The van der Waals surface area contributed by atoms with Gasteiger partial charge in [-0.3, -0.25) is 4.98 Å². The summed E-state index contributed by atoms with van der Waals surface area (Å²) in [7, 11) is 0. The maximum atomic E-state index is 10.1. The Bertz CT molecular complexity index is 772. The van der Waals surface area contributed by atoms with Crippen molar-refractivity contribution >= 4 is 31.9 Å². The number of nitrogens with zero attached hydrogens (tertiary/aromatic N) is 1. The third kappa shape index (κ3) is 3.02. The molecule has 24 heavy (non-hydrogen) atoms. The van der Waals surface area contributed by atoms with E-state index in [1.165, 1.54) is 22.4 Å². The van der Waals surface area contributed by atoms with Crippen LogP contribution in [0.2, 0.25) is 0 Å². The van der Waals surface area contributed by atoms with Crippen molar-refractivity contribution in [2.45, 2.75) is 31.6 Å². The molecule has 2 aromatic rings. The van der Waals surface area contributed by atoms with Gasteiger partial charge in [0.15, 0.2) is 0 Å². The molecule has 1 aliphatic carbocycles. The van der Waals surface area contributed by atoms with Crippen LogP contribution in [-0.4, -0.2) is 23.2 Å². The number of rotatable bonds is 1. The maximum absolute atomic E-state index is 10.1. The number of hydrogen-bond acceptors (Lipinski definition) is 3. The van der Waals surface area contributed by atoms with E-state index in [9.17, 15) is 5.11 Å². The van der Waals surface area contributed by atoms with Crippen LogP contribution in [-0.2, 0) is 12.8 Å². The second-order valence-electron chi connectivity index (χ2n) is 6.76. The Morgan fingerprint density at radius 3 is 2.58 bits per heavy atom. The lowest BCUT2D eigenvalue weighted by Crippen LogP contribution is -2.32. The van der Waals surface area contributed by atoms with Crippen LogP contribution < -0.4 is 5.32 Å². The van der Waals surface area contributed by atoms with E-state index in [1.807, 2.05) is 18.3 Å². The van der Waals surface area contributed by atoms with Crippen LogP contribution in [0.25, 0.3) is 0 Å². The zero-order valence-electron chi connectivity index (χ0n) is 13.4. The van der Waals surface area contributed by atoms with Crippen molar-refractivity contribution in [2.75, 3.05) is 13.1 Å². The van der Waals surface area contributed by atoms with Crippen molar-refractivity contribution in [3.63, 3.8) is 0 Å². The predicted octanol–water partition coefficient (Wildman–Crippen LogP) is 4.54. The van der Waals surface area contributed by atoms with Crippen LogP contribution >= 0.6 is 31.9 Å². The number of phenols is 1. The number of hydrogen-bond donors (Lipinski definition) is 2. The van der Waals surface area contributed by atoms with Gasteiger partial charge in [0.25, 0.3) is 0 Å². The highest BCUT2D eigenvalue weighted by Crippen LogP contribution is 2.45. The van der Waals surface area contributed by atoms with Crippen LogP contribution in [0.4, 0.5) is 0 Å². The fraction of sp³-hybridized carbons (Fsp3) is 0.421. The summed E-state index contributed by atoms with van der Waals surface area (Å²) in [5.41, 5.74) is 5.12. The first-order chi connectivity index (χ1) is 11.6. The zero-order chi connectivity index (χ0) is 16.7. The summed E-state index contributed by atoms with van der Waals surface area (Å²) in [5.74, 6) is 1.21. The molecule has 1 aliphatic heterocycles. The summed E-state index contributed by atoms with van der Waals surface area (Å²) in [5, 5.41) is 13.5. The minimum atomic E-state index is 0.294. The smallest absolute Gasteiger partial charge is 0.116 e. The van der Waals surface area contributed by atoms with Gasteiger partial charge in [0, 0.05) is 21.1 Å². The summed E-state index contributed by atoms with van der Waals surface area (Å²) in [6.07, 6.45) is 6.15. The van der Waals surface area contributed by atoms with E-state index in [2.05, 4.69) is 43.2 Å². The molecule has 5 heteroatoms. The van der Waals surface area contributed by atoms with Gasteiger partial charge in [-0.1, -0.05) is 15.9 Å². The van der Waals surface area contributed by atoms with Crippen molar-refractivity contribution in [3.05, 3.63) is 55.7 Å². The topological polar surface area (TPSA) is 45.2 Å². The third-order valence-electron chi connectivity index (χ3n) is 5.29. The van der Waals surface area contributed by atoms with Crippen LogP contribution in [0.1, 0.15) is 41.1 Å². The van der Waals surface area contributed by atoms with Crippen molar-refractivity contribution < 1.29 is 5.11 Å². The minimum Gasteiger partial charge on any atom is -0.508 e. The first kappa shape index (κ1) is 16.6. The van der Waals surface area contributed by atoms with Gasteiger partial charge in [0.2, 0.25) is 0 Å². The molecular formula is C19H20Br2N2O. The fourth-order valence-corrected chi connectivity index (χ4v) is 5.34. The lowest BCUT2D eigenvalue weighted by molar-refractivity contribution is 0.337. The number of fused-ring (bicyclic) bond motifs is 2. The number of nitrogens with one attached hydrogen (secondary N) is 1. The summed E-state index contributed by atoms with van der Waals surface area (Å²) in [6.45, 7) is 2.14. The molecule has 0 saturated carbocycles. The number of benzene rings is 1. The van der Waals surface area contributed by atoms with Crippen LogP contribution in [0.5, 0.6) is 5.75 Å². The molecule has 2 heterocycles. The van der Waals surface area contributed by atoms with E-state index in [0.717, 1.165) is 47.7 Å². The first-order valence-electron chi connectivity index (χ1n) is 8.50. The highest BCUT2D eigenvalue weighted by atomic mass is 79.9. The Balaban J connectivity index is 1.91. The standard InChI is InChI=1S/C19H20Br2N2O/c20-14-7-13-2-1-12-8-15(24)9-16(21)17(12)18(19(13)23-10-14)11-3-5-22-6-4-11/h7-11,18,22,24H,1-6H2. The van der Waals surface area contributed by atoms with Gasteiger partial charge in [0.05, 0.1) is 5.69 Å². The van der Waals surface area contributed by atoms with Crippen molar-refractivity contribution in [2.24, 2.45) is 5.92 Å². The molecule has 1 atom stereocenters. The van der Waals surface area contributed by atoms with E-state index in [-0.39, 0.29) is 0 Å². The molecule has 0 radical (unpaired) electrons. The van der Waals surface area contributed by atoms with Gasteiger partial charge < -0.3 is 10.4 Å². The molecule has 0 amide bonds. The van der Waals surface area contributed by atoms with Gasteiger partial charge in [-0.2, -0.15) is 0 Å². The Morgan fingerprint density at radius 1 is 1.04 bits per heavy atom. The quantitative estimate of drug-likeness (QED) is 0.668. The highest BCUT2D eigenvalue weighted by molar-refractivity contribution is 9.10. The zero-order valence-corrected chi connectivity index (χ0v) is 16.5. The number of piperidine rings is 1. The van der Waals surface area contributed by atoms with Crippen LogP contribution in [0.15, 0.2) is 33.3 Å². The molecule has 1 aromatic heterocycles. The van der Waals surface area contributed by atoms with E-state index in [4.69, 9.17) is 4.98 Å². The van der Waals surface area contributed by atoms with E-state index in [1.54, 1.807) is 0 Å². The number of aryl methyl sites for hydroxylation is 2. The molecule has 1 unspecified atom stereocenters. The molecular weight excluding hydrogens is 432 g/mol. The number of phenolic OH excluding ortho intramolecular Hbond substituents is 1. The summed E-state index contributed by atoms with van der Waals surface area (Å²) in [4.78, 5) is 4.85. The Hall–Kier alpha value is -0.910. The molecule has 0 bridgehead atoms. The molecule has 1 saturated heterocycles. The second-order valence-corrected chi connectivity index (χ2v) is 8.53. The molecule has 3 nitrogen and oxygen atoms in total. The Labute approximate surface area is 159 Å². The molecule has 126 valence electrons. The second kappa shape index (κ2) is 6.77. The van der Waals surface area contributed by atoms with Gasteiger partial charge >= 0.3 is 0 Å². The van der Waals surface area contributed by atoms with Crippen molar-refractivity contribution in [3.8, 4) is 5.75 Å². The fourth-order valence-electron chi connectivity index (χ4n) is 4.23. The SMILES string of the molecule is Oc1cc(Br)c2c(c1)CCc1cc(Br)cnc1C2C1CCNCC1. The third-order valence-corrected chi connectivity index (χ3v) is 6.38. The molecule has 0 spiro atoms. The largest absolute Gasteiger partial charge is 0.508 e. The molecule has 1 fully saturated rings. The van der Waals surface area contributed by atoms with E-state index >= 15 is 0 Å². The summed E-state index contributed by atoms with van der Waals surface area (Å²) < 4.78 is 2.05. The maximum Gasteiger partial charge on any atom is 0.116 e. The number of aromatic hydroxyl groups is 1. The number of aromatic nitrogens is 1. The Morgan fingerprint density at radius 2 is 1.79 bits per heavy atom. The predicted molar refractivity (Wildman–Crippen MR) is 103 cm³/mol. The monoisotopic (exact) mass is 450 g/mol. The van der Waals surface area contributed by atoms with Crippen LogP contribution in [0.3, 0.4) is 0 Å². The average molecular weight is 452 g/mol. The average Bonchev–Trinajstić information content (AvgIpc) is 2.72. The van der Waals surface area contributed by atoms with Gasteiger partial charge in [-0.25, -0.2) is 0 Å². The first-order valence-corrected chi connectivity index (χ1v) is 10.1. The molecule has 2 aliphatic rings. The molecule has 1 aromatic carbocycles. The van der Waals surface area contributed by atoms with Crippen molar-refractivity contribution in [1.82, 2.24) is 10.3 Å². The minimum absolute atomic E-state index is 0.294. The molecule has 4 rings (SSSR count). The molecule has 2 N–H and O–H groups in total. The van der Waals surface area contributed by atoms with E-state index in [0.29, 0.717) is 17.6 Å². The summed E-state index contributed by atoms with van der Waals surface area (Å²) in [6, 6.07) is 5.99.